The van der Waals surface area contributed by atoms with E-state index in [1.165, 1.54) is 17.0 Å². The summed E-state index contributed by atoms with van der Waals surface area (Å²) < 4.78 is 22.4. The number of imidazole rings is 1. The van der Waals surface area contributed by atoms with Gasteiger partial charge in [0.05, 0.1) is 6.33 Å². The first-order valence-electron chi connectivity index (χ1n) is 9.64. The van der Waals surface area contributed by atoms with Crippen LogP contribution in [0.4, 0.5) is 10.2 Å². The quantitative estimate of drug-likeness (QED) is 0.491. The van der Waals surface area contributed by atoms with Crippen LogP contribution >= 0.6 is 0 Å². The van der Waals surface area contributed by atoms with Crippen LogP contribution < -0.4 is 10.5 Å². The van der Waals surface area contributed by atoms with Gasteiger partial charge >= 0.3 is 0 Å². The summed E-state index contributed by atoms with van der Waals surface area (Å²) in [5.41, 5.74) is 0.622. The lowest BCUT2D eigenvalue weighted by atomic mass is 10.2. The molecule has 0 aromatic carbocycles. The van der Waals surface area contributed by atoms with Gasteiger partial charge in [0.2, 0.25) is 5.89 Å². The van der Waals surface area contributed by atoms with Gasteiger partial charge in [-0.2, -0.15) is 4.98 Å². The Bertz CT molecular complexity index is 1320. The molecule has 6 rings (SSSR count). The van der Waals surface area contributed by atoms with Gasteiger partial charge in [-0.3, -0.25) is 9.36 Å². The monoisotopic (exact) mass is 408 g/mol. The Kier molecular flexibility index (Phi) is 3.55. The molecule has 11 heteroatoms. The van der Waals surface area contributed by atoms with Crippen molar-refractivity contribution in [3.05, 3.63) is 58.9 Å². The van der Waals surface area contributed by atoms with Crippen LogP contribution in [0.25, 0.3) is 11.2 Å². The molecule has 0 bridgehead atoms. The lowest BCUT2D eigenvalue weighted by Gasteiger charge is -2.20. The third-order valence-electron chi connectivity index (χ3n) is 6.02. The summed E-state index contributed by atoms with van der Waals surface area (Å²) in [5.74, 6) is 1.99. The summed E-state index contributed by atoms with van der Waals surface area (Å²) in [6, 6.07) is 3.01. The molecule has 1 saturated heterocycles. The maximum absolute atomic E-state index is 14.0. The molecule has 2 fully saturated rings. The van der Waals surface area contributed by atoms with E-state index in [9.17, 15) is 9.18 Å². The Balaban J connectivity index is 1.18. The summed E-state index contributed by atoms with van der Waals surface area (Å²) in [6.45, 7) is 1.58. The highest BCUT2D eigenvalue weighted by molar-refractivity contribution is 5.68. The second-order valence-corrected chi connectivity index (χ2v) is 7.82. The minimum atomic E-state index is -0.304. The average Bonchev–Trinajstić information content (AvgIpc) is 3.16. The Hall–Kier alpha value is -3.63. The van der Waals surface area contributed by atoms with Gasteiger partial charge in [-0.15, -0.1) is 0 Å². The Morgan fingerprint density at radius 1 is 1.20 bits per heavy atom. The van der Waals surface area contributed by atoms with Crippen LogP contribution in [0.15, 0.2) is 40.3 Å². The number of fused-ring (bicyclic) bond motifs is 2. The summed E-state index contributed by atoms with van der Waals surface area (Å²) in [5, 5.41) is 4.12. The van der Waals surface area contributed by atoms with Crippen LogP contribution in [0.3, 0.4) is 0 Å². The Morgan fingerprint density at radius 3 is 2.80 bits per heavy atom. The molecule has 1 aliphatic heterocycles. The van der Waals surface area contributed by atoms with Crippen LogP contribution in [0, 0.1) is 17.7 Å². The van der Waals surface area contributed by atoms with Gasteiger partial charge in [-0.1, -0.05) is 5.16 Å². The number of piperidine rings is 1. The second kappa shape index (κ2) is 6.18. The zero-order valence-corrected chi connectivity index (χ0v) is 16.0. The van der Waals surface area contributed by atoms with E-state index in [4.69, 9.17) is 4.52 Å². The topological polar surface area (TPSA) is 108 Å². The molecule has 152 valence electrons. The molecule has 1 unspecified atom stereocenters. The number of hydrogen-bond donors (Lipinski definition) is 0. The number of pyridine rings is 1. The predicted octanol–water partition coefficient (Wildman–Crippen LogP) is 0.945. The van der Waals surface area contributed by atoms with E-state index in [0.29, 0.717) is 53.6 Å². The first-order valence-corrected chi connectivity index (χ1v) is 9.64. The van der Waals surface area contributed by atoms with Crippen molar-refractivity contribution in [2.75, 3.05) is 18.0 Å². The highest BCUT2D eigenvalue weighted by Gasteiger charge is 2.59. The fourth-order valence-corrected chi connectivity index (χ4v) is 4.49. The van der Waals surface area contributed by atoms with Crippen LogP contribution in [0.1, 0.15) is 17.6 Å². The first kappa shape index (κ1) is 17.2. The van der Waals surface area contributed by atoms with Crippen molar-refractivity contribution in [1.29, 1.82) is 0 Å². The highest BCUT2D eigenvalue weighted by Crippen LogP contribution is 2.57. The molecular weight excluding hydrogens is 391 g/mol. The summed E-state index contributed by atoms with van der Waals surface area (Å²) in [6.07, 6.45) is 4.60. The molecule has 0 N–H and O–H groups in total. The maximum atomic E-state index is 14.0. The molecule has 1 saturated carbocycles. The molecule has 30 heavy (non-hydrogen) atoms. The van der Waals surface area contributed by atoms with Gasteiger partial charge in [0.15, 0.2) is 28.6 Å². The van der Waals surface area contributed by atoms with Crippen LogP contribution in [0.5, 0.6) is 0 Å². The van der Waals surface area contributed by atoms with E-state index in [1.807, 2.05) is 4.90 Å². The van der Waals surface area contributed by atoms with Crippen LogP contribution in [-0.4, -0.2) is 47.3 Å². The average molecular weight is 408 g/mol. The first-order chi connectivity index (χ1) is 14.6. The number of hydrogen-bond acceptors (Lipinski definition) is 8. The minimum Gasteiger partial charge on any atom is -0.354 e. The molecule has 0 spiro atoms. The molecule has 1 aliphatic carbocycles. The van der Waals surface area contributed by atoms with E-state index >= 15 is 0 Å². The van der Waals surface area contributed by atoms with E-state index in [-0.39, 0.29) is 23.8 Å². The molecule has 2 aliphatic rings. The number of nitrogens with zero attached hydrogens (tertiary/aromatic N) is 8. The van der Waals surface area contributed by atoms with Gasteiger partial charge in [-0.25, -0.2) is 19.3 Å². The van der Waals surface area contributed by atoms with Crippen molar-refractivity contribution in [3.63, 3.8) is 0 Å². The maximum Gasteiger partial charge on any atom is 0.280 e. The van der Waals surface area contributed by atoms with Gasteiger partial charge in [0, 0.05) is 32.3 Å². The van der Waals surface area contributed by atoms with Gasteiger partial charge in [0.25, 0.3) is 5.56 Å². The normalized spacial score (nSPS) is 22.6. The number of aromatic nitrogens is 7. The summed E-state index contributed by atoms with van der Waals surface area (Å²) in [4.78, 5) is 31.6. The fourth-order valence-electron chi connectivity index (χ4n) is 4.49. The summed E-state index contributed by atoms with van der Waals surface area (Å²) in [7, 11) is 1.75. The minimum absolute atomic E-state index is 0.146. The standard InChI is InChI=1S/C19H17FN8O2/c1-26-8-22-17-15(26)19(29)28(9-23-17)7-13-24-16(25-30-13)14-10-5-27(6-11(10)14)18-12(20)3-2-4-21-18/h2-4,8-11,14H,5-7H2,1H3/t10-,11+,14?. The number of rotatable bonds is 4. The van der Waals surface area contributed by atoms with Crippen molar-refractivity contribution in [1.82, 2.24) is 34.2 Å². The zero-order chi connectivity index (χ0) is 20.4. The fraction of sp³-hybridized carbons (Fsp3) is 0.368. The van der Waals surface area contributed by atoms with Crippen molar-refractivity contribution >= 4 is 17.0 Å². The molecule has 0 radical (unpaired) electrons. The van der Waals surface area contributed by atoms with Gasteiger partial charge in [-0.05, 0) is 24.0 Å². The van der Waals surface area contributed by atoms with Crippen LogP contribution in [0.2, 0.25) is 0 Å². The molecule has 3 atom stereocenters. The van der Waals surface area contributed by atoms with Crippen molar-refractivity contribution in [2.24, 2.45) is 18.9 Å². The van der Waals surface area contributed by atoms with Crippen molar-refractivity contribution in [3.8, 4) is 0 Å². The molecular formula is C19H17FN8O2. The largest absolute Gasteiger partial charge is 0.354 e. The second-order valence-electron chi connectivity index (χ2n) is 7.82. The van der Waals surface area contributed by atoms with Crippen LogP contribution in [-0.2, 0) is 13.6 Å². The van der Waals surface area contributed by atoms with Gasteiger partial charge in [0.1, 0.15) is 12.9 Å². The van der Waals surface area contributed by atoms with E-state index in [0.717, 1.165) is 0 Å². The SMILES string of the molecule is Cn1cnc2ncn(Cc3nc(C4[C@H]5CN(c6ncccc6F)C[C@@H]45)no3)c(=O)c21. The van der Waals surface area contributed by atoms with E-state index < -0.39 is 0 Å². The zero-order valence-electron chi connectivity index (χ0n) is 16.0. The highest BCUT2D eigenvalue weighted by atomic mass is 19.1. The third-order valence-corrected chi connectivity index (χ3v) is 6.02. The number of anilines is 1. The Labute approximate surface area is 169 Å². The number of aryl methyl sites for hydroxylation is 1. The predicted molar refractivity (Wildman–Crippen MR) is 102 cm³/mol. The van der Waals surface area contributed by atoms with E-state index in [2.05, 4.69) is 25.1 Å². The molecule has 4 aromatic rings. The van der Waals surface area contributed by atoms with Gasteiger partial charge < -0.3 is 14.0 Å². The van der Waals surface area contributed by atoms with E-state index in [1.54, 1.807) is 30.2 Å². The molecule has 4 aromatic heterocycles. The third kappa shape index (κ3) is 2.54. The molecule has 5 heterocycles. The lowest BCUT2D eigenvalue weighted by molar-refractivity contribution is 0.363. The number of halogens is 1. The van der Waals surface area contributed by atoms with Crippen molar-refractivity contribution < 1.29 is 8.91 Å². The summed E-state index contributed by atoms with van der Waals surface area (Å²) >= 11 is 0. The smallest absolute Gasteiger partial charge is 0.280 e. The lowest BCUT2D eigenvalue weighted by Crippen LogP contribution is -2.25. The Morgan fingerprint density at radius 2 is 2.00 bits per heavy atom. The van der Waals surface area contributed by atoms with Crippen molar-refractivity contribution in [2.45, 2.75) is 12.5 Å². The molecule has 0 amide bonds. The molecule has 10 nitrogen and oxygen atoms in total.